The molecule has 3 N–H and O–H groups in total. The molecule has 0 aliphatic rings. The number of hydrogen-bond donors (Lipinski definition) is 2. The van der Waals surface area contributed by atoms with E-state index in [2.05, 4.69) is 20.3 Å². The summed E-state index contributed by atoms with van der Waals surface area (Å²) in [6.07, 6.45) is -2.28. The van der Waals surface area contributed by atoms with Gasteiger partial charge in [-0.25, -0.2) is 14.4 Å². The van der Waals surface area contributed by atoms with Gasteiger partial charge in [0.25, 0.3) is 5.91 Å². The van der Waals surface area contributed by atoms with Crippen molar-refractivity contribution in [3.63, 3.8) is 0 Å². The molecule has 0 aliphatic carbocycles. The minimum atomic E-state index is -4.83. The second kappa shape index (κ2) is 8.19. The second-order valence-electron chi connectivity index (χ2n) is 6.84. The maximum Gasteiger partial charge on any atom is 0.419 e. The van der Waals surface area contributed by atoms with Gasteiger partial charge in [0, 0.05) is 12.7 Å². The van der Waals surface area contributed by atoms with Crippen molar-refractivity contribution < 1.29 is 22.4 Å². The molecule has 0 saturated heterocycles. The molecule has 0 bridgehead atoms. The van der Waals surface area contributed by atoms with Crippen molar-refractivity contribution in [2.45, 2.75) is 12.2 Å². The summed E-state index contributed by atoms with van der Waals surface area (Å²) < 4.78 is 53.2. The van der Waals surface area contributed by atoms with Crippen LogP contribution in [0, 0.1) is 5.82 Å². The van der Waals surface area contributed by atoms with Gasteiger partial charge in [0.05, 0.1) is 17.2 Å². The fourth-order valence-corrected chi connectivity index (χ4v) is 3.01. The van der Waals surface area contributed by atoms with E-state index in [9.17, 15) is 22.4 Å². The van der Waals surface area contributed by atoms with Gasteiger partial charge in [-0.2, -0.15) is 13.2 Å². The van der Waals surface area contributed by atoms with Crippen LogP contribution in [0.3, 0.4) is 0 Å². The summed E-state index contributed by atoms with van der Waals surface area (Å²) in [5, 5.41) is 3.04. The molecule has 7 nitrogen and oxygen atoms in total. The van der Waals surface area contributed by atoms with E-state index in [0.717, 1.165) is 12.1 Å². The van der Waals surface area contributed by atoms with Gasteiger partial charge in [0.2, 0.25) is 0 Å². The number of amides is 1. The molecule has 11 heteroatoms. The third-order valence-electron chi connectivity index (χ3n) is 4.34. The molecule has 1 aromatic carbocycles. The predicted octanol–water partition coefficient (Wildman–Crippen LogP) is 3.00. The number of carbonyl (C=O) groups is 1. The SMILES string of the molecule is CN(C)CC(Nc1ncnc2c(C(N)=O)ccnc12)c1ccc(F)c(C(F)(F)F)c1. The van der Waals surface area contributed by atoms with Gasteiger partial charge in [-0.15, -0.1) is 0 Å². The van der Waals surface area contributed by atoms with Crippen LogP contribution in [0.1, 0.15) is 27.5 Å². The number of primary amides is 1. The standard InChI is InChI=1S/C19H18F4N6O/c1-29(2)8-14(10-3-4-13(20)12(7-10)19(21,22)23)28-18-16-15(26-9-27-18)11(17(24)30)5-6-25-16/h3-7,9,14H,8H2,1-2H3,(H2,24,30)(H,26,27,28). The van der Waals surface area contributed by atoms with Crippen molar-refractivity contribution in [2.75, 3.05) is 26.0 Å². The molecule has 0 fully saturated rings. The Labute approximate surface area is 168 Å². The van der Waals surface area contributed by atoms with E-state index < -0.39 is 29.5 Å². The van der Waals surface area contributed by atoms with Gasteiger partial charge >= 0.3 is 6.18 Å². The van der Waals surface area contributed by atoms with E-state index in [4.69, 9.17) is 5.73 Å². The lowest BCUT2D eigenvalue weighted by molar-refractivity contribution is -0.140. The van der Waals surface area contributed by atoms with Crippen LogP contribution < -0.4 is 11.1 Å². The summed E-state index contributed by atoms with van der Waals surface area (Å²) in [7, 11) is 3.48. The van der Waals surface area contributed by atoms with E-state index in [1.54, 1.807) is 19.0 Å². The largest absolute Gasteiger partial charge is 0.419 e. The monoisotopic (exact) mass is 422 g/mol. The first kappa shape index (κ1) is 21.4. The van der Waals surface area contributed by atoms with E-state index in [1.807, 2.05) is 0 Å². The lowest BCUT2D eigenvalue weighted by Gasteiger charge is -2.24. The lowest BCUT2D eigenvalue weighted by Crippen LogP contribution is -2.26. The second-order valence-corrected chi connectivity index (χ2v) is 6.84. The molecule has 158 valence electrons. The molecule has 0 spiro atoms. The van der Waals surface area contributed by atoms with Crippen LogP contribution in [-0.2, 0) is 6.18 Å². The highest BCUT2D eigenvalue weighted by atomic mass is 19.4. The Morgan fingerprint density at radius 2 is 1.90 bits per heavy atom. The van der Waals surface area contributed by atoms with Crippen molar-refractivity contribution in [1.82, 2.24) is 19.9 Å². The highest BCUT2D eigenvalue weighted by Gasteiger charge is 2.35. The summed E-state index contributed by atoms with van der Waals surface area (Å²) >= 11 is 0. The van der Waals surface area contributed by atoms with Crippen LogP contribution in [0.2, 0.25) is 0 Å². The van der Waals surface area contributed by atoms with Crippen LogP contribution >= 0.6 is 0 Å². The van der Waals surface area contributed by atoms with Crippen molar-refractivity contribution in [1.29, 1.82) is 0 Å². The van der Waals surface area contributed by atoms with E-state index >= 15 is 0 Å². The first-order valence-electron chi connectivity index (χ1n) is 8.75. The number of alkyl halides is 3. The molecule has 2 aromatic heterocycles. The average Bonchev–Trinajstić information content (AvgIpc) is 2.66. The summed E-state index contributed by atoms with van der Waals surface area (Å²) in [5.41, 5.74) is 4.79. The number of pyridine rings is 1. The number of halogens is 4. The van der Waals surface area contributed by atoms with Crippen LogP contribution in [0.4, 0.5) is 23.4 Å². The number of hydrogen-bond acceptors (Lipinski definition) is 6. The zero-order valence-corrected chi connectivity index (χ0v) is 16.0. The topological polar surface area (TPSA) is 97.0 Å². The minimum Gasteiger partial charge on any atom is -0.366 e. The predicted molar refractivity (Wildman–Crippen MR) is 102 cm³/mol. The van der Waals surface area contributed by atoms with Gasteiger partial charge in [0.1, 0.15) is 23.2 Å². The Morgan fingerprint density at radius 3 is 2.53 bits per heavy atom. The number of aromatic nitrogens is 3. The summed E-state index contributed by atoms with van der Waals surface area (Å²) in [6.45, 7) is 0.268. The lowest BCUT2D eigenvalue weighted by atomic mass is 10.0. The van der Waals surface area contributed by atoms with Gasteiger partial charge in [-0.1, -0.05) is 6.07 Å². The van der Waals surface area contributed by atoms with Crippen LogP contribution in [0.25, 0.3) is 11.0 Å². The number of nitrogens with zero attached hydrogens (tertiary/aromatic N) is 4. The van der Waals surface area contributed by atoms with Crippen LogP contribution in [0.15, 0.2) is 36.8 Å². The quantitative estimate of drug-likeness (QED) is 0.593. The fourth-order valence-electron chi connectivity index (χ4n) is 3.01. The summed E-state index contributed by atoms with van der Waals surface area (Å²) in [6, 6.07) is 3.54. The van der Waals surface area contributed by atoms with Crippen molar-refractivity contribution >= 4 is 22.8 Å². The number of benzene rings is 1. The molecule has 0 aliphatic heterocycles. The van der Waals surface area contributed by atoms with E-state index in [1.165, 1.54) is 24.7 Å². The first-order chi connectivity index (χ1) is 14.1. The van der Waals surface area contributed by atoms with Crippen molar-refractivity contribution in [3.8, 4) is 0 Å². The van der Waals surface area contributed by atoms with Crippen LogP contribution in [-0.4, -0.2) is 46.4 Å². The number of carbonyl (C=O) groups excluding carboxylic acids is 1. The maximum absolute atomic E-state index is 13.7. The zero-order valence-electron chi connectivity index (χ0n) is 16.0. The van der Waals surface area contributed by atoms with Gasteiger partial charge in [0.15, 0.2) is 5.82 Å². The zero-order chi connectivity index (χ0) is 22.1. The maximum atomic E-state index is 13.7. The number of fused-ring (bicyclic) bond motifs is 1. The fraction of sp³-hybridized carbons (Fsp3) is 0.263. The molecule has 2 heterocycles. The molecule has 0 radical (unpaired) electrons. The number of likely N-dealkylation sites (N-methyl/N-ethyl adjacent to an activating group) is 1. The Morgan fingerprint density at radius 1 is 1.17 bits per heavy atom. The highest BCUT2D eigenvalue weighted by Crippen LogP contribution is 2.34. The Kier molecular flexibility index (Phi) is 5.83. The molecule has 0 saturated carbocycles. The Balaban J connectivity index is 2.07. The summed E-state index contributed by atoms with van der Waals surface area (Å²) in [5.74, 6) is -1.85. The Bertz CT molecular complexity index is 1090. The summed E-state index contributed by atoms with van der Waals surface area (Å²) in [4.78, 5) is 25.7. The number of anilines is 1. The Hall–Kier alpha value is -3.34. The third kappa shape index (κ3) is 4.46. The normalized spacial score (nSPS) is 12.9. The minimum absolute atomic E-state index is 0.135. The molecular formula is C19H18F4N6O. The molecule has 1 atom stereocenters. The van der Waals surface area contributed by atoms with E-state index in [-0.39, 0.29) is 34.5 Å². The number of nitrogens with two attached hydrogens (primary N) is 1. The molecule has 1 amide bonds. The number of rotatable bonds is 6. The first-order valence-corrected chi connectivity index (χ1v) is 8.75. The molecular weight excluding hydrogens is 404 g/mol. The van der Waals surface area contributed by atoms with Crippen LogP contribution in [0.5, 0.6) is 0 Å². The van der Waals surface area contributed by atoms with E-state index in [0.29, 0.717) is 0 Å². The highest BCUT2D eigenvalue weighted by molar-refractivity contribution is 6.05. The molecule has 1 unspecified atom stereocenters. The smallest absolute Gasteiger partial charge is 0.366 e. The molecule has 30 heavy (non-hydrogen) atoms. The van der Waals surface area contributed by atoms with Gasteiger partial charge in [-0.05, 0) is 37.9 Å². The molecule has 3 rings (SSSR count). The molecule has 3 aromatic rings. The third-order valence-corrected chi connectivity index (χ3v) is 4.34. The van der Waals surface area contributed by atoms with Crippen molar-refractivity contribution in [2.24, 2.45) is 5.73 Å². The average molecular weight is 422 g/mol. The number of nitrogens with one attached hydrogen (secondary N) is 1. The van der Waals surface area contributed by atoms with Gasteiger partial charge in [-0.3, -0.25) is 9.78 Å². The van der Waals surface area contributed by atoms with Gasteiger partial charge < -0.3 is 16.0 Å². The van der Waals surface area contributed by atoms with Crippen molar-refractivity contribution in [3.05, 3.63) is 59.3 Å².